The van der Waals surface area contributed by atoms with E-state index in [9.17, 15) is 8.78 Å². The van der Waals surface area contributed by atoms with Crippen LogP contribution in [0.15, 0.2) is 40.0 Å². The van der Waals surface area contributed by atoms with Crippen LogP contribution in [0.4, 0.5) is 14.5 Å². The van der Waals surface area contributed by atoms with E-state index in [4.69, 9.17) is 20.8 Å². The first-order valence-corrected chi connectivity index (χ1v) is 9.51. The van der Waals surface area contributed by atoms with Crippen molar-refractivity contribution in [3.8, 4) is 0 Å². The molecular formula is C18H19ClF2N2O2S. The van der Waals surface area contributed by atoms with Crippen molar-refractivity contribution in [3.63, 3.8) is 0 Å². The summed E-state index contributed by atoms with van der Waals surface area (Å²) >= 11 is 7.32. The molecule has 140 valence electrons. The molecule has 0 aliphatic carbocycles. The van der Waals surface area contributed by atoms with Gasteiger partial charge in [0.1, 0.15) is 5.76 Å². The molecule has 4 nitrogen and oxygen atoms in total. The van der Waals surface area contributed by atoms with Gasteiger partial charge in [0, 0.05) is 29.1 Å². The van der Waals surface area contributed by atoms with E-state index in [2.05, 4.69) is 9.71 Å². The van der Waals surface area contributed by atoms with Crippen LogP contribution in [0.1, 0.15) is 37.5 Å². The van der Waals surface area contributed by atoms with Gasteiger partial charge in [0.15, 0.2) is 5.09 Å². The van der Waals surface area contributed by atoms with E-state index >= 15 is 0 Å². The lowest BCUT2D eigenvalue weighted by molar-refractivity contribution is -0.00133. The topological polar surface area (TPSA) is 50.2 Å². The predicted molar refractivity (Wildman–Crippen MR) is 101 cm³/mol. The number of furan rings is 1. The molecule has 0 amide bonds. The molecule has 0 spiro atoms. The summed E-state index contributed by atoms with van der Waals surface area (Å²) in [6, 6.07) is 6.79. The molecule has 2 N–H and O–H groups in total. The number of benzene rings is 1. The molecule has 0 saturated carbocycles. The molecule has 1 aliphatic rings. The van der Waals surface area contributed by atoms with Gasteiger partial charge in [0.25, 0.3) is 6.43 Å². The maximum Gasteiger partial charge on any atom is 0.264 e. The average molecular weight is 401 g/mol. The van der Waals surface area contributed by atoms with E-state index in [-0.39, 0.29) is 10.6 Å². The summed E-state index contributed by atoms with van der Waals surface area (Å²) in [4.78, 5) is 2.94. The highest BCUT2D eigenvalue weighted by atomic mass is 35.5. The predicted octanol–water partition coefficient (Wildman–Crippen LogP) is 6.61. The highest BCUT2D eigenvalue weighted by Gasteiger charge is 2.24. The molecule has 1 saturated heterocycles. The summed E-state index contributed by atoms with van der Waals surface area (Å²) in [6.07, 6.45) is -1.07. The summed E-state index contributed by atoms with van der Waals surface area (Å²) < 4.78 is 40.3. The number of ether oxygens (including phenoxy) is 1. The molecule has 3 heterocycles. The van der Waals surface area contributed by atoms with Crippen molar-refractivity contribution in [1.29, 1.82) is 0 Å². The molecule has 1 fully saturated rings. The lowest BCUT2D eigenvalue weighted by Gasteiger charge is -2.23. The number of fused-ring (bicyclic) bond motifs is 1. The van der Waals surface area contributed by atoms with Gasteiger partial charge in [-0.25, -0.2) is 8.78 Å². The second-order valence-electron chi connectivity index (χ2n) is 5.48. The van der Waals surface area contributed by atoms with Crippen LogP contribution in [-0.2, 0) is 4.74 Å². The van der Waals surface area contributed by atoms with E-state index < -0.39 is 6.43 Å². The highest BCUT2D eigenvalue weighted by molar-refractivity contribution is 8.00. The maximum atomic E-state index is 13.1. The molecule has 26 heavy (non-hydrogen) atoms. The quantitative estimate of drug-likeness (QED) is 0.473. The summed E-state index contributed by atoms with van der Waals surface area (Å²) in [5.41, 5.74) is 1.12. The molecule has 4 rings (SSSR count). The Morgan fingerprint density at radius 1 is 1.23 bits per heavy atom. The first-order chi connectivity index (χ1) is 12.6. The van der Waals surface area contributed by atoms with E-state index in [0.29, 0.717) is 40.8 Å². The zero-order valence-electron chi connectivity index (χ0n) is 14.3. The van der Waals surface area contributed by atoms with Crippen LogP contribution >= 0.6 is 23.5 Å². The van der Waals surface area contributed by atoms with E-state index in [1.165, 1.54) is 24.2 Å². The number of halogens is 3. The van der Waals surface area contributed by atoms with Gasteiger partial charge in [-0.15, -0.1) is 0 Å². The van der Waals surface area contributed by atoms with Gasteiger partial charge in [-0.05, 0) is 18.2 Å². The Bertz CT molecular complexity index is 877. The smallest absolute Gasteiger partial charge is 0.264 e. The van der Waals surface area contributed by atoms with Crippen LogP contribution in [0, 0.1) is 0 Å². The minimum absolute atomic E-state index is 0.0860. The fraction of sp³-hybridized carbons (Fsp3) is 0.333. The third-order valence-corrected chi connectivity index (χ3v) is 5.00. The SMILES string of the molecule is CC.FC(F)c1ccc(NSc2ccc(C3COC3)o2)c2[nH]cc(Cl)c12. The Kier molecular flexibility index (Phi) is 6.11. The molecule has 1 aliphatic heterocycles. The molecule has 3 aromatic rings. The zero-order chi connectivity index (χ0) is 18.7. The number of alkyl halides is 2. The Morgan fingerprint density at radius 3 is 2.65 bits per heavy atom. The number of H-pyrrole nitrogens is 1. The third kappa shape index (κ3) is 3.70. The van der Waals surface area contributed by atoms with Gasteiger partial charge >= 0.3 is 0 Å². The van der Waals surface area contributed by atoms with Gasteiger partial charge < -0.3 is 18.9 Å². The molecule has 0 bridgehead atoms. The molecular weight excluding hydrogens is 382 g/mol. The van der Waals surface area contributed by atoms with Crippen molar-refractivity contribution in [2.24, 2.45) is 0 Å². The van der Waals surface area contributed by atoms with E-state index in [0.717, 1.165) is 5.76 Å². The standard InChI is InChI=1S/C16H13ClF2N2O2S.C2H6/c17-10-5-20-15-11(2-1-9(14(10)15)16(18)19)21-24-13-4-3-12(23-13)8-6-22-7-8;1-2/h1-5,8,16,20-21H,6-7H2;1-2H3. The van der Waals surface area contributed by atoms with Crippen molar-refractivity contribution in [2.75, 3.05) is 17.9 Å². The van der Waals surface area contributed by atoms with Gasteiger partial charge in [0.05, 0.1) is 35.4 Å². The Hall–Kier alpha value is -1.70. The van der Waals surface area contributed by atoms with E-state index in [1.54, 1.807) is 6.07 Å². The lowest BCUT2D eigenvalue weighted by Crippen LogP contribution is -2.24. The average Bonchev–Trinajstić information content (AvgIpc) is 3.21. The van der Waals surface area contributed by atoms with E-state index in [1.807, 2.05) is 26.0 Å². The fourth-order valence-corrected chi connectivity index (χ4v) is 3.53. The van der Waals surface area contributed by atoms with Gasteiger partial charge in [-0.1, -0.05) is 31.5 Å². The fourth-order valence-electron chi connectivity index (χ4n) is 2.61. The number of anilines is 1. The number of hydrogen-bond donors (Lipinski definition) is 2. The first kappa shape index (κ1) is 19.1. The van der Waals surface area contributed by atoms with Crippen LogP contribution in [0.25, 0.3) is 10.9 Å². The molecule has 0 unspecified atom stereocenters. The molecule has 0 atom stereocenters. The lowest BCUT2D eigenvalue weighted by atomic mass is 10.1. The maximum absolute atomic E-state index is 13.1. The first-order valence-electron chi connectivity index (χ1n) is 8.31. The summed E-state index contributed by atoms with van der Waals surface area (Å²) in [5, 5.41) is 1.31. The van der Waals surface area contributed by atoms with Crippen LogP contribution in [-0.4, -0.2) is 18.2 Å². The molecule has 0 radical (unpaired) electrons. The van der Waals surface area contributed by atoms with Crippen LogP contribution < -0.4 is 4.72 Å². The minimum Gasteiger partial charge on any atom is -0.453 e. The van der Waals surface area contributed by atoms with Gasteiger partial charge in [-0.2, -0.15) is 0 Å². The van der Waals surface area contributed by atoms with Crippen LogP contribution in [0.3, 0.4) is 0 Å². The van der Waals surface area contributed by atoms with Crippen molar-refractivity contribution in [1.82, 2.24) is 4.98 Å². The monoisotopic (exact) mass is 400 g/mol. The second kappa shape index (κ2) is 8.33. The Morgan fingerprint density at radius 2 is 2.00 bits per heavy atom. The summed E-state index contributed by atoms with van der Waals surface area (Å²) in [7, 11) is 0. The number of aromatic nitrogens is 1. The van der Waals surface area contributed by atoms with Gasteiger partial charge in [-0.3, -0.25) is 0 Å². The van der Waals surface area contributed by atoms with Gasteiger partial charge in [0.2, 0.25) is 0 Å². The van der Waals surface area contributed by atoms with Crippen molar-refractivity contribution in [3.05, 3.63) is 46.8 Å². The molecule has 8 heteroatoms. The number of rotatable bonds is 5. The van der Waals surface area contributed by atoms with Crippen molar-refractivity contribution < 1.29 is 17.9 Å². The molecule has 1 aromatic carbocycles. The summed E-state index contributed by atoms with van der Waals surface area (Å²) in [5.74, 6) is 1.21. The minimum atomic E-state index is -2.58. The van der Waals surface area contributed by atoms with Crippen LogP contribution in [0.2, 0.25) is 5.02 Å². The molecule has 2 aromatic heterocycles. The number of nitrogens with one attached hydrogen (secondary N) is 2. The zero-order valence-corrected chi connectivity index (χ0v) is 15.9. The second-order valence-corrected chi connectivity index (χ2v) is 6.70. The third-order valence-electron chi connectivity index (χ3n) is 3.96. The Labute approximate surface area is 159 Å². The Balaban J connectivity index is 0.000000948. The summed E-state index contributed by atoms with van der Waals surface area (Å²) in [6.45, 7) is 5.36. The van der Waals surface area contributed by atoms with Crippen molar-refractivity contribution >= 4 is 40.1 Å². The largest absolute Gasteiger partial charge is 0.453 e. The normalized spacial score (nSPS) is 14.2. The number of aromatic amines is 1. The highest BCUT2D eigenvalue weighted by Crippen LogP contribution is 2.38. The van der Waals surface area contributed by atoms with Crippen molar-refractivity contribution in [2.45, 2.75) is 31.3 Å². The number of hydrogen-bond acceptors (Lipinski definition) is 4. The van der Waals surface area contributed by atoms with Crippen LogP contribution in [0.5, 0.6) is 0 Å².